The number of ketones is 1. The summed E-state index contributed by atoms with van der Waals surface area (Å²) < 4.78 is 0. The van der Waals surface area contributed by atoms with Crippen LogP contribution in [-0.4, -0.2) is 62.3 Å². The smallest absolute Gasteiger partial charge is 0.243 e. The molecule has 0 aromatic heterocycles. The molecule has 11 heteroatoms. The molecule has 0 fully saturated rings. The van der Waals surface area contributed by atoms with E-state index in [-0.39, 0.29) is 85.3 Å². The molecule has 0 aromatic rings. The van der Waals surface area contributed by atoms with Crippen LogP contribution in [0.15, 0.2) is 0 Å². The van der Waals surface area contributed by atoms with Gasteiger partial charge in [-0.25, -0.2) is 0 Å². The van der Waals surface area contributed by atoms with E-state index in [4.69, 9.17) is 5.73 Å². The van der Waals surface area contributed by atoms with E-state index in [9.17, 15) is 19.2 Å². The molecule has 6 N–H and O–H groups in total. The van der Waals surface area contributed by atoms with Gasteiger partial charge in [-0.3, -0.25) is 19.2 Å². The maximum Gasteiger partial charge on any atom is 0.243 e. The van der Waals surface area contributed by atoms with Gasteiger partial charge in [0.1, 0.15) is 11.8 Å². The predicted octanol–water partition coefficient (Wildman–Crippen LogP) is -1.38. The van der Waals surface area contributed by atoms with Crippen LogP contribution in [0.3, 0.4) is 0 Å². The van der Waals surface area contributed by atoms with E-state index in [0.29, 0.717) is 19.4 Å². The van der Waals surface area contributed by atoms with Crippen LogP contribution in [0.2, 0.25) is 0 Å². The number of hydrogen-bond donors (Lipinski definition) is 5. The molecule has 0 aliphatic heterocycles. The number of nitrogens with one attached hydrogen (secondary N) is 4. The van der Waals surface area contributed by atoms with Crippen molar-refractivity contribution < 1.29 is 61.3 Å². The summed E-state index contributed by atoms with van der Waals surface area (Å²) in [6.45, 7) is 3.48. The van der Waals surface area contributed by atoms with E-state index in [1.54, 1.807) is 27.3 Å². The molecule has 162 valence electrons. The van der Waals surface area contributed by atoms with Gasteiger partial charge in [-0.15, -0.1) is 0 Å². The van der Waals surface area contributed by atoms with Gasteiger partial charge >= 0.3 is 0 Å². The van der Waals surface area contributed by atoms with Crippen LogP contribution in [0, 0.1) is 6.42 Å². The number of likely N-dealkylation sites (N-methyl/N-ethyl adjacent to an activating group) is 1. The number of rotatable bonds is 14. The zero-order valence-corrected chi connectivity index (χ0v) is 22.6. The fourth-order valence-corrected chi connectivity index (χ4v) is 2.27. The molecule has 0 aromatic carbocycles. The van der Waals surface area contributed by atoms with Crippen molar-refractivity contribution in [1.29, 1.82) is 0 Å². The van der Waals surface area contributed by atoms with Crippen molar-refractivity contribution in [1.82, 2.24) is 21.3 Å². The Kier molecular flexibility index (Phi) is 22.5. The Balaban J connectivity index is -0.00000312. The van der Waals surface area contributed by atoms with Crippen molar-refractivity contribution in [3.05, 3.63) is 6.42 Å². The Morgan fingerprint density at radius 1 is 1.00 bits per heavy atom. The molecule has 0 aliphatic carbocycles. The predicted molar refractivity (Wildman–Crippen MR) is 99.0 cm³/mol. The molecule has 0 saturated carbocycles. The first-order chi connectivity index (χ1) is 12.3. The Bertz CT molecular complexity index is 480. The first-order valence-corrected chi connectivity index (χ1v) is 8.85. The second-order valence-electron chi connectivity index (χ2n) is 5.98. The van der Waals surface area contributed by atoms with Crippen molar-refractivity contribution in [2.24, 2.45) is 5.73 Å². The van der Waals surface area contributed by atoms with E-state index in [1.807, 2.05) is 0 Å². The van der Waals surface area contributed by atoms with Gasteiger partial charge < -0.3 is 33.4 Å². The number of carbonyl (C=O) groups excluding carboxylic acids is 4. The Morgan fingerprint density at radius 3 is 2.14 bits per heavy atom. The van der Waals surface area contributed by atoms with Gasteiger partial charge in [-0.05, 0) is 33.2 Å². The normalized spacial score (nSPS) is 11.9. The average molecular weight is 738 g/mol. The summed E-state index contributed by atoms with van der Waals surface area (Å²) in [5, 5.41) is 10.6. The van der Waals surface area contributed by atoms with E-state index >= 15 is 0 Å². The molecular formula is C17H32N5O4W2-. The standard InChI is InChI=1S/C17H32N5O4.2W/c1-4-7-15(24)21-11-16(25)22-14(10-18)17(26)20-9-6-5-8-13(19-3)12(2)23;;/h4,13-14,19H,5-11,18H2,1-3H3,(H,20,26)(H,21,24)(H,22,25);;/q-1;;. The average Bonchev–Trinajstić information content (AvgIpc) is 2.60. The van der Waals surface area contributed by atoms with Crippen LogP contribution in [0.4, 0.5) is 0 Å². The minimum atomic E-state index is -0.848. The third kappa shape index (κ3) is 15.3. The van der Waals surface area contributed by atoms with Gasteiger partial charge in [0.15, 0.2) is 5.91 Å². The second-order valence-corrected chi connectivity index (χ2v) is 5.98. The van der Waals surface area contributed by atoms with Gasteiger partial charge in [0.25, 0.3) is 0 Å². The first kappa shape index (κ1) is 32.1. The summed E-state index contributed by atoms with van der Waals surface area (Å²) in [5.74, 6) is -1.02. The summed E-state index contributed by atoms with van der Waals surface area (Å²) in [5.41, 5.74) is 5.53. The molecule has 0 rings (SSSR count). The molecule has 2 unspecified atom stereocenters. The van der Waals surface area contributed by atoms with Crippen LogP contribution in [0.1, 0.15) is 39.5 Å². The van der Waals surface area contributed by atoms with Crippen molar-refractivity contribution >= 4 is 23.5 Å². The zero-order chi connectivity index (χ0) is 19.9. The maximum atomic E-state index is 12.0. The quantitative estimate of drug-likeness (QED) is 0.110. The molecule has 9 nitrogen and oxygen atoms in total. The number of hydrogen-bond acceptors (Lipinski definition) is 6. The topological polar surface area (TPSA) is 142 Å². The van der Waals surface area contributed by atoms with Crippen LogP contribution in [0.25, 0.3) is 0 Å². The first-order valence-electron chi connectivity index (χ1n) is 8.85. The number of unbranched alkanes of at least 4 members (excludes halogenated alkanes) is 1. The second kappa shape index (κ2) is 19.7. The van der Waals surface area contributed by atoms with E-state index in [0.717, 1.165) is 6.42 Å². The number of carbonyl (C=O) groups is 4. The Morgan fingerprint density at radius 2 is 1.64 bits per heavy atom. The molecule has 2 atom stereocenters. The minimum Gasteiger partial charge on any atom is -0.354 e. The molecule has 0 aliphatic rings. The zero-order valence-electron chi connectivity index (χ0n) is 16.7. The summed E-state index contributed by atoms with van der Waals surface area (Å²) in [4.78, 5) is 46.4. The molecule has 0 spiro atoms. The van der Waals surface area contributed by atoms with Gasteiger partial charge in [0.05, 0.1) is 12.6 Å². The maximum absolute atomic E-state index is 12.0. The van der Waals surface area contributed by atoms with Crippen LogP contribution < -0.4 is 27.0 Å². The molecular weight excluding hydrogens is 706 g/mol. The Hall–Kier alpha value is -0.623. The molecule has 3 amide bonds. The largest absolute Gasteiger partial charge is 0.354 e. The number of Topliss-reactive ketones (excluding diaryl/α,β-unsaturated/α-hetero) is 1. The summed E-state index contributed by atoms with van der Waals surface area (Å²) >= 11 is 0. The molecule has 0 radical (unpaired) electrons. The number of amides is 3. The molecule has 0 bridgehead atoms. The summed E-state index contributed by atoms with van der Waals surface area (Å²) in [6, 6.07) is -1.01. The van der Waals surface area contributed by atoms with Crippen molar-refractivity contribution in [2.75, 3.05) is 26.7 Å². The summed E-state index contributed by atoms with van der Waals surface area (Å²) in [6.07, 6.45) is 4.11. The summed E-state index contributed by atoms with van der Waals surface area (Å²) in [7, 11) is 1.74. The SMILES string of the molecule is C[CH-]CC(=O)NCC(=O)NC(CN)C(=O)NCCCCC(NC)C(C)=O.[W].[W]. The number of nitrogens with two attached hydrogens (primary N) is 1. The van der Waals surface area contributed by atoms with Crippen LogP contribution in [-0.2, 0) is 61.3 Å². The van der Waals surface area contributed by atoms with E-state index in [1.165, 1.54) is 0 Å². The third-order valence-corrected chi connectivity index (χ3v) is 3.78. The monoisotopic (exact) mass is 738 g/mol. The van der Waals surface area contributed by atoms with E-state index < -0.39 is 11.9 Å². The minimum absolute atomic E-state index is 0. The van der Waals surface area contributed by atoms with Gasteiger partial charge in [0, 0.05) is 55.2 Å². The molecule has 0 heterocycles. The van der Waals surface area contributed by atoms with Crippen LogP contribution >= 0.6 is 0 Å². The molecule has 0 saturated heterocycles. The van der Waals surface area contributed by atoms with Crippen molar-refractivity contribution in [3.63, 3.8) is 0 Å². The van der Waals surface area contributed by atoms with E-state index in [2.05, 4.69) is 21.3 Å². The fraction of sp³-hybridized carbons (Fsp3) is 0.706. The van der Waals surface area contributed by atoms with Gasteiger partial charge in [-0.1, -0.05) is 6.42 Å². The van der Waals surface area contributed by atoms with Crippen molar-refractivity contribution in [2.45, 2.75) is 51.6 Å². The van der Waals surface area contributed by atoms with Crippen LogP contribution in [0.5, 0.6) is 0 Å². The third-order valence-electron chi connectivity index (χ3n) is 3.78. The van der Waals surface area contributed by atoms with Gasteiger partial charge in [0.2, 0.25) is 11.8 Å². The Labute approximate surface area is 196 Å². The van der Waals surface area contributed by atoms with Gasteiger partial charge in [-0.2, -0.15) is 6.92 Å². The van der Waals surface area contributed by atoms with Crippen molar-refractivity contribution in [3.8, 4) is 0 Å². The fourth-order valence-electron chi connectivity index (χ4n) is 2.27. The molecule has 28 heavy (non-hydrogen) atoms.